The molecule has 0 saturated heterocycles. The van der Waals surface area contributed by atoms with Crippen LogP contribution in [0.3, 0.4) is 0 Å². The summed E-state index contributed by atoms with van der Waals surface area (Å²) in [6.45, 7) is 3.70. The van der Waals surface area contributed by atoms with E-state index in [0.29, 0.717) is 11.1 Å². The molecule has 0 saturated carbocycles. The Bertz CT molecular complexity index is 809. The van der Waals surface area contributed by atoms with E-state index >= 15 is 0 Å². The van der Waals surface area contributed by atoms with Gasteiger partial charge in [-0.15, -0.1) is 0 Å². The molecule has 2 rings (SSSR count). The van der Waals surface area contributed by atoms with Gasteiger partial charge in [0.05, 0.1) is 12.7 Å². The molecule has 0 aliphatic heterocycles. The van der Waals surface area contributed by atoms with Crippen LogP contribution in [0.25, 0.3) is 0 Å². The van der Waals surface area contributed by atoms with Crippen LogP contribution >= 0.6 is 0 Å². The zero-order valence-electron chi connectivity index (χ0n) is 15.2. The Kier molecular flexibility index (Phi) is 6.25. The maximum absolute atomic E-state index is 12.7. The summed E-state index contributed by atoms with van der Waals surface area (Å²) >= 11 is 0. The SMILES string of the molecule is COC(=O)[C@@H](Cc1ccc(C(F)(F)F)cc1)NC(=O)c1cc(C)cc(C)c1. The third-order valence-electron chi connectivity index (χ3n) is 4.00. The highest BCUT2D eigenvalue weighted by Gasteiger charge is 2.30. The minimum atomic E-state index is -4.43. The summed E-state index contributed by atoms with van der Waals surface area (Å²) in [5.74, 6) is -1.13. The molecular formula is C20H20F3NO3. The highest BCUT2D eigenvalue weighted by atomic mass is 19.4. The van der Waals surface area contributed by atoms with Crippen molar-refractivity contribution in [2.45, 2.75) is 32.5 Å². The summed E-state index contributed by atoms with van der Waals surface area (Å²) in [5.41, 5.74) is 1.89. The van der Waals surface area contributed by atoms with Crippen LogP contribution in [0.1, 0.15) is 32.6 Å². The Morgan fingerprint density at radius 1 is 1.04 bits per heavy atom. The predicted octanol–water partition coefficient (Wildman–Crippen LogP) is 3.84. The molecule has 1 N–H and O–H groups in total. The van der Waals surface area contributed by atoms with E-state index < -0.39 is 29.7 Å². The average Bonchev–Trinajstić information content (AvgIpc) is 2.59. The van der Waals surface area contributed by atoms with Gasteiger partial charge < -0.3 is 10.1 Å². The highest BCUT2D eigenvalue weighted by Crippen LogP contribution is 2.29. The van der Waals surface area contributed by atoms with Crippen LogP contribution < -0.4 is 5.32 Å². The molecular weight excluding hydrogens is 359 g/mol. The van der Waals surface area contributed by atoms with Crippen molar-refractivity contribution in [3.05, 3.63) is 70.3 Å². The Hall–Kier alpha value is -2.83. The van der Waals surface area contributed by atoms with Crippen molar-refractivity contribution in [1.29, 1.82) is 0 Å². The number of aryl methyl sites for hydroxylation is 2. The lowest BCUT2D eigenvalue weighted by atomic mass is 10.0. The van der Waals surface area contributed by atoms with Crippen LogP contribution in [0.15, 0.2) is 42.5 Å². The van der Waals surface area contributed by atoms with E-state index in [-0.39, 0.29) is 6.42 Å². The van der Waals surface area contributed by atoms with Gasteiger partial charge in [-0.25, -0.2) is 4.79 Å². The second-order valence-electron chi connectivity index (χ2n) is 6.32. The highest BCUT2D eigenvalue weighted by molar-refractivity contribution is 5.97. The second kappa shape index (κ2) is 8.24. The van der Waals surface area contributed by atoms with Gasteiger partial charge in [0.2, 0.25) is 0 Å². The van der Waals surface area contributed by atoms with E-state index in [9.17, 15) is 22.8 Å². The molecule has 4 nitrogen and oxygen atoms in total. The maximum atomic E-state index is 12.7. The Labute approximate surface area is 155 Å². The van der Waals surface area contributed by atoms with E-state index in [1.165, 1.54) is 19.2 Å². The topological polar surface area (TPSA) is 55.4 Å². The number of rotatable bonds is 5. The fourth-order valence-electron chi connectivity index (χ4n) is 2.75. The summed E-state index contributed by atoms with van der Waals surface area (Å²) in [7, 11) is 1.19. The van der Waals surface area contributed by atoms with Crippen LogP contribution in [-0.4, -0.2) is 25.0 Å². The van der Waals surface area contributed by atoms with Gasteiger partial charge >= 0.3 is 12.1 Å². The number of carbonyl (C=O) groups excluding carboxylic acids is 2. The zero-order valence-corrected chi connectivity index (χ0v) is 15.2. The predicted molar refractivity (Wildman–Crippen MR) is 94.3 cm³/mol. The van der Waals surface area contributed by atoms with Gasteiger partial charge in [-0.05, 0) is 43.7 Å². The second-order valence-corrected chi connectivity index (χ2v) is 6.32. The third-order valence-corrected chi connectivity index (χ3v) is 4.00. The lowest BCUT2D eigenvalue weighted by Crippen LogP contribution is -2.43. The summed E-state index contributed by atoms with van der Waals surface area (Å²) in [4.78, 5) is 24.5. The molecule has 0 aliphatic rings. The first kappa shape index (κ1) is 20.5. The van der Waals surface area contributed by atoms with Crippen molar-refractivity contribution in [3.8, 4) is 0 Å². The number of esters is 1. The number of halogens is 3. The number of ether oxygens (including phenoxy) is 1. The van der Waals surface area contributed by atoms with Crippen LogP contribution in [0.4, 0.5) is 13.2 Å². The first-order valence-corrected chi connectivity index (χ1v) is 8.23. The van der Waals surface area contributed by atoms with Gasteiger partial charge in [0.15, 0.2) is 0 Å². The molecule has 0 aromatic heterocycles. The third kappa shape index (κ3) is 5.57. The molecule has 0 unspecified atom stereocenters. The number of amides is 1. The lowest BCUT2D eigenvalue weighted by molar-refractivity contribution is -0.143. The molecule has 27 heavy (non-hydrogen) atoms. The van der Waals surface area contributed by atoms with E-state index in [0.717, 1.165) is 23.3 Å². The number of hydrogen-bond donors (Lipinski definition) is 1. The number of benzene rings is 2. The van der Waals surface area contributed by atoms with Gasteiger partial charge in [-0.1, -0.05) is 29.3 Å². The van der Waals surface area contributed by atoms with E-state index in [1.54, 1.807) is 12.1 Å². The first-order valence-electron chi connectivity index (χ1n) is 8.23. The Morgan fingerprint density at radius 2 is 1.59 bits per heavy atom. The molecule has 1 amide bonds. The molecule has 0 spiro atoms. The van der Waals surface area contributed by atoms with E-state index in [4.69, 9.17) is 4.74 Å². The van der Waals surface area contributed by atoms with Gasteiger partial charge in [-0.2, -0.15) is 13.2 Å². The Balaban J connectivity index is 2.18. The fourth-order valence-corrected chi connectivity index (χ4v) is 2.75. The smallest absolute Gasteiger partial charge is 0.416 e. The number of hydrogen-bond acceptors (Lipinski definition) is 3. The normalized spacial score (nSPS) is 12.4. The maximum Gasteiger partial charge on any atom is 0.416 e. The fraction of sp³-hybridized carbons (Fsp3) is 0.300. The summed E-state index contributed by atoms with van der Waals surface area (Å²) in [6.07, 6.45) is -4.42. The van der Waals surface area contributed by atoms with Crippen molar-refractivity contribution in [3.63, 3.8) is 0 Å². The van der Waals surface area contributed by atoms with Crippen molar-refractivity contribution >= 4 is 11.9 Å². The monoisotopic (exact) mass is 379 g/mol. The van der Waals surface area contributed by atoms with E-state index in [1.807, 2.05) is 19.9 Å². The summed E-state index contributed by atoms with van der Waals surface area (Å²) < 4.78 is 42.7. The number of carbonyl (C=O) groups is 2. The summed E-state index contributed by atoms with van der Waals surface area (Å²) in [6, 6.07) is 8.72. The first-order chi connectivity index (χ1) is 12.6. The standard InChI is InChI=1S/C20H20F3NO3/c1-12-8-13(2)10-15(9-12)18(25)24-17(19(26)27-3)11-14-4-6-16(7-5-14)20(21,22)23/h4-10,17H,11H2,1-3H3,(H,24,25)/t17-/m1/s1. The minimum absolute atomic E-state index is 0.0152. The van der Waals surface area contributed by atoms with Crippen molar-refractivity contribution in [2.75, 3.05) is 7.11 Å². The minimum Gasteiger partial charge on any atom is -0.467 e. The molecule has 0 heterocycles. The largest absolute Gasteiger partial charge is 0.467 e. The Morgan fingerprint density at radius 3 is 2.07 bits per heavy atom. The van der Waals surface area contributed by atoms with Crippen LogP contribution in [0, 0.1) is 13.8 Å². The van der Waals surface area contributed by atoms with Crippen LogP contribution in [-0.2, 0) is 22.1 Å². The molecule has 7 heteroatoms. The number of methoxy groups -OCH3 is 1. The molecule has 0 radical (unpaired) electrons. The van der Waals surface area contributed by atoms with Crippen LogP contribution in [0.5, 0.6) is 0 Å². The van der Waals surface area contributed by atoms with E-state index in [2.05, 4.69) is 5.32 Å². The van der Waals surface area contributed by atoms with Crippen molar-refractivity contribution in [2.24, 2.45) is 0 Å². The quantitative estimate of drug-likeness (QED) is 0.804. The molecule has 0 aliphatic carbocycles. The molecule has 144 valence electrons. The van der Waals surface area contributed by atoms with Crippen LogP contribution in [0.2, 0.25) is 0 Å². The average molecular weight is 379 g/mol. The van der Waals surface area contributed by atoms with Gasteiger partial charge in [0.25, 0.3) is 5.91 Å². The van der Waals surface area contributed by atoms with Gasteiger partial charge in [0, 0.05) is 12.0 Å². The lowest BCUT2D eigenvalue weighted by Gasteiger charge is -2.17. The number of nitrogens with one attached hydrogen (secondary N) is 1. The van der Waals surface area contributed by atoms with Gasteiger partial charge in [-0.3, -0.25) is 4.79 Å². The molecule has 2 aromatic carbocycles. The summed E-state index contributed by atoms with van der Waals surface area (Å²) in [5, 5.41) is 2.60. The zero-order chi connectivity index (χ0) is 20.2. The van der Waals surface area contributed by atoms with Crippen molar-refractivity contribution in [1.82, 2.24) is 5.32 Å². The molecule has 0 bridgehead atoms. The number of alkyl halides is 3. The molecule has 1 atom stereocenters. The van der Waals surface area contributed by atoms with Gasteiger partial charge in [0.1, 0.15) is 6.04 Å². The molecule has 2 aromatic rings. The van der Waals surface area contributed by atoms with Crippen molar-refractivity contribution < 1.29 is 27.5 Å². The molecule has 0 fully saturated rings.